The van der Waals surface area contributed by atoms with E-state index in [-0.39, 0.29) is 16.4 Å². The van der Waals surface area contributed by atoms with Crippen LogP contribution in [0.2, 0.25) is 0 Å². The quantitative estimate of drug-likeness (QED) is 0.463. The molecule has 0 aliphatic heterocycles. The van der Waals surface area contributed by atoms with Gasteiger partial charge in [-0.05, 0) is 64.8 Å². The van der Waals surface area contributed by atoms with Crippen molar-refractivity contribution in [2.45, 2.75) is 45.3 Å². The summed E-state index contributed by atoms with van der Waals surface area (Å²) in [4.78, 5) is 17.5. The second-order valence-corrected chi connectivity index (χ2v) is 10.0. The molecule has 0 bridgehead atoms. The third-order valence-corrected chi connectivity index (χ3v) is 6.42. The zero-order chi connectivity index (χ0) is 20.9. The standard InChI is InChI=1S/C22H21FN2O3S/c1-12(25-29(27)22(2,3)4)16-10-13(23)11-17-19(26)15-7-8-18-14(6-5-9-24-18)20(15)28-21(16)17/h5-6,9-11H,7-8H2,1-4H3. The summed E-state index contributed by atoms with van der Waals surface area (Å²) in [5.74, 6) is -0.0943. The van der Waals surface area contributed by atoms with Gasteiger partial charge >= 0.3 is 0 Å². The molecule has 1 aromatic carbocycles. The number of aromatic nitrogens is 1. The first-order valence-electron chi connectivity index (χ1n) is 9.38. The van der Waals surface area contributed by atoms with Crippen molar-refractivity contribution in [2.75, 3.05) is 0 Å². The molecular formula is C22H21FN2O3S. The number of rotatable bonds is 2. The topological polar surface area (TPSA) is 78.5 Å². The molecule has 3 aromatic rings. The first-order chi connectivity index (χ1) is 13.7. The van der Waals surface area contributed by atoms with E-state index in [1.165, 1.54) is 12.1 Å². The fourth-order valence-corrected chi connectivity index (χ4v) is 4.03. The van der Waals surface area contributed by atoms with Crippen molar-refractivity contribution >= 4 is 28.0 Å². The van der Waals surface area contributed by atoms with Crippen LogP contribution in [0, 0.1) is 5.82 Å². The zero-order valence-corrected chi connectivity index (χ0v) is 17.5. The highest BCUT2D eigenvalue weighted by Gasteiger charge is 2.28. The van der Waals surface area contributed by atoms with Gasteiger partial charge in [-0.15, -0.1) is 0 Å². The minimum Gasteiger partial charge on any atom is -0.591 e. The molecule has 2 heterocycles. The summed E-state index contributed by atoms with van der Waals surface area (Å²) in [5, 5.41) is 0.169. The van der Waals surface area contributed by atoms with Crippen LogP contribution in [-0.4, -0.2) is 20.0 Å². The fraction of sp³-hybridized carbons (Fsp3) is 0.318. The zero-order valence-electron chi connectivity index (χ0n) is 16.7. The van der Waals surface area contributed by atoms with Gasteiger partial charge in [0.05, 0.1) is 16.8 Å². The lowest BCUT2D eigenvalue weighted by Crippen LogP contribution is -2.26. The molecule has 1 atom stereocenters. The van der Waals surface area contributed by atoms with Crippen molar-refractivity contribution in [3.63, 3.8) is 0 Å². The first-order valence-corrected chi connectivity index (χ1v) is 10.5. The van der Waals surface area contributed by atoms with Crippen molar-refractivity contribution in [2.24, 2.45) is 4.40 Å². The molecule has 0 saturated heterocycles. The number of aryl methyl sites for hydroxylation is 1. The lowest BCUT2D eigenvalue weighted by molar-refractivity contribution is 0.561. The van der Waals surface area contributed by atoms with Gasteiger partial charge in [-0.2, -0.15) is 0 Å². The predicted molar refractivity (Wildman–Crippen MR) is 113 cm³/mol. The number of benzene rings is 1. The van der Waals surface area contributed by atoms with Crippen molar-refractivity contribution in [1.82, 2.24) is 4.98 Å². The van der Waals surface area contributed by atoms with E-state index in [1.54, 1.807) is 19.2 Å². The van der Waals surface area contributed by atoms with Crippen molar-refractivity contribution in [1.29, 1.82) is 0 Å². The molecule has 150 valence electrons. The molecule has 2 aromatic heterocycles. The van der Waals surface area contributed by atoms with Crippen LogP contribution in [0.15, 0.2) is 44.1 Å². The number of hydrogen-bond donors (Lipinski definition) is 0. The molecule has 5 nitrogen and oxygen atoms in total. The van der Waals surface area contributed by atoms with Crippen LogP contribution in [-0.2, 0) is 24.2 Å². The molecule has 0 fully saturated rings. The molecule has 0 N–H and O–H groups in total. The molecule has 29 heavy (non-hydrogen) atoms. The van der Waals surface area contributed by atoms with Gasteiger partial charge in [-0.25, -0.2) is 4.39 Å². The normalized spacial score (nSPS) is 15.2. The minimum absolute atomic E-state index is 0.169. The third kappa shape index (κ3) is 3.49. The molecule has 0 radical (unpaired) electrons. The highest BCUT2D eigenvalue weighted by molar-refractivity contribution is 7.91. The molecule has 7 heteroatoms. The van der Waals surface area contributed by atoms with Crippen molar-refractivity contribution in [3.8, 4) is 11.3 Å². The van der Waals surface area contributed by atoms with E-state index in [2.05, 4.69) is 9.38 Å². The maximum atomic E-state index is 14.4. The van der Waals surface area contributed by atoms with E-state index >= 15 is 0 Å². The Hall–Kier alpha value is -2.51. The Kier molecular flexibility index (Phi) is 4.83. The molecule has 1 aliphatic carbocycles. The maximum Gasteiger partial charge on any atom is 0.196 e. The van der Waals surface area contributed by atoms with Crippen molar-refractivity contribution < 1.29 is 13.4 Å². The number of hydrogen-bond acceptors (Lipinski definition) is 5. The lowest BCUT2D eigenvalue weighted by Gasteiger charge is -2.20. The SMILES string of the molecule is CC(=N[S+]([O-])C(C)(C)C)c1cc(F)cc2c(=O)c3c(oc12)-c1cccnc1CC3. The summed E-state index contributed by atoms with van der Waals surface area (Å²) in [6.07, 6.45) is 2.83. The largest absolute Gasteiger partial charge is 0.591 e. The second kappa shape index (κ2) is 7.07. The van der Waals surface area contributed by atoms with Crippen molar-refractivity contribution in [3.05, 3.63) is 63.3 Å². The number of fused-ring (bicyclic) bond motifs is 4. The summed E-state index contributed by atoms with van der Waals surface area (Å²) >= 11 is -1.53. The number of pyridine rings is 1. The van der Waals surface area contributed by atoms with Crippen LogP contribution >= 0.6 is 0 Å². The van der Waals surface area contributed by atoms with Crippen LogP contribution in [0.1, 0.15) is 44.5 Å². The van der Waals surface area contributed by atoms with Gasteiger partial charge < -0.3 is 8.97 Å². The molecule has 1 unspecified atom stereocenters. The number of halogens is 1. The average Bonchev–Trinajstić information content (AvgIpc) is 2.67. The van der Waals surface area contributed by atoms with Gasteiger partial charge in [0, 0.05) is 22.9 Å². The highest BCUT2D eigenvalue weighted by Crippen LogP contribution is 2.34. The maximum absolute atomic E-state index is 14.4. The molecule has 0 saturated carbocycles. The van der Waals surface area contributed by atoms with E-state index in [1.807, 2.05) is 26.8 Å². The highest BCUT2D eigenvalue weighted by atomic mass is 32.2. The van der Waals surface area contributed by atoms with Gasteiger partial charge in [-0.1, -0.05) is 4.40 Å². The summed E-state index contributed by atoms with van der Waals surface area (Å²) in [6.45, 7) is 7.07. The van der Waals surface area contributed by atoms with Crippen LogP contribution < -0.4 is 5.43 Å². The average molecular weight is 412 g/mol. The Bertz CT molecular complexity index is 1210. The van der Waals surface area contributed by atoms with Crippen LogP contribution in [0.5, 0.6) is 0 Å². The van der Waals surface area contributed by atoms with Gasteiger partial charge in [0.2, 0.25) is 0 Å². The third-order valence-electron chi connectivity index (χ3n) is 4.93. The minimum atomic E-state index is -1.53. The second-order valence-electron chi connectivity index (χ2n) is 8.10. The lowest BCUT2D eigenvalue weighted by atomic mass is 9.92. The van der Waals surface area contributed by atoms with E-state index in [9.17, 15) is 13.7 Å². The van der Waals surface area contributed by atoms with Gasteiger partial charge in [0.15, 0.2) is 5.43 Å². The van der Waals surface area contributed by atoms with Gasteiger partial charge in [0.1, 0.15) is 33.3 Å². The van der Waals surface area contributed by atoms with Crippen LogP contribution in [0.4, 0.5) is 4.39 Å². The Labute approximate surface area is 171 Å². The summed E-state index contributed by atoms with van der Waals surface area (Å²) in [7, 11) is 0. The monoisotopic (exact) mass is 412 g/mol. The molecule has 0 spiro atoms. The van der Waals surface area contributed by atoms with Crippen LogP contribution in [0.25, 0.3) is 22.3 Å². The summed E-state index contributed by atoms with van der Waals surface area (Å²) < 4.78 is 36.7. The van der Waals surface area contributed by atoms with Crippen LogP contribution in [0.3, 0.4) is 0 Å². The van der Waals surface area contributed by atoms with E-state index < -0.39 is 21.9 Å². The molecule has 0 amide bonds. The predicted octanol–water partition coefficient (Wildman–Crippen LogP) is 4.36. The summed E-state index contributed by atoms with van der Waals surface area (Å²) in [6, 6.07) is 6.12. The Morgan fingerprint density at radius 3 is 2.79 bits per heavy atom. The van der Waals surface area contributed by atoms with Gasteiger partial charge in [-0.3, -0.25) is 9.78 Å². The van der Waals surface area contributed by atoms with E-state index in [4.69, 9.17) is 4.42 Å². The molecular weight excluding hydrogens is 391 g/mol. The van der Waals surface area contributed by atoms with E-state index in [0.29, 0.717) is 35.4 Å². The Morgan fingerprint density at radius 2 is 2.07 bits per heavy atom. The fourth-order valence-electron chi connectivity index (χ4n) is 3.41. The summed E-state index contributed by atoms with van der Waals surface area (Å²) in [5.41, 5.74) is 2.85. The Morgan fingerprint density at radius 1 is 1.31 bits per heavy atom. The molecule has 1 aliphatic rings. The smallest absolute Gasteiger partial charge is 0.196 e. The van der Waals surface area contributed by atoms with E-state index in [0.717, 1.165) is 11.3 Å². The molecule has 4 rings (SSSR count). The van der Waals surface area contributed by atoms with Gasteiger partial charge in [0.25, 0.3) is 0 Å². The Balaban J connectivity index is 2.00. The number of nitrogens with zero attached hydrogens (tertiary/aromatic N) is 2. The first kappa shape index (κ1) is 19.8.